The third kappa shape index (κ3) is 3.44. The highest BCUT2D eigenvalue weighted by Gasteiger charge is 2.30. The zero-order valence-electron chi connectivity index (χ0n) is 13.3. The summed E-state index contributed by atoms with van der Waals surface area (Å²) in [5, 5.41) is 0. The monoisotopic (exact) mass is 316 g/mol. The van der Waals surface area contributed by atoms with Crippen LogP contribution in [0.15, 0.2) is 34.9 Å². The summed E-state index contributed by atoms with van der Waals surface area (Å²) in [6.07, 6.45) is 5.44. The van der Waals surface area contributed by atoms with Crippen molar-refractivity contribution in [2.24, 2.45) is 0 Å². The van der Waals surface area contributed by atoms with Crippen LogP contribution >= 0.6 is 0 Å². The number of halogens is 1. The number of nitrogens with zero attached hydrogens (tertiary/aromatic N) is 2. The van der Waals surface area contributed by atoms with Gasteiger partial charge in [-0.05, 0) is 30.9 Å². The molecule has 1 unspecified atom stereocenters. The van der Waals surface area contributed by atoms with Crippen molar-refractivity contribution in [3.63, 3.8) is 0 Å². The smallest absolute Gasteiger partial charge is 0.222 e. The Morgan fingerprint density at radius 1 is 1.39 bits per heavy atom. The molecule has 3 rings (SSSR count). The van der Waals surface area contributed by atoms with Crippen molar-refractivity contribution in [3.05, 3.63) is 53.5 Å². The molecule has 0 bridgehead atoms. The molecule has 1 atom stereocenters. The Morgan fingerprint density at radius 3 is 3.00 bits per heavy atom. The van der Waals surface area contributed by atoms with Gasteiger partial charge in [0, 0.05) is 19.4 Å². The second kappa shape index (κ2) is 6.94. The number of rotatable bonds is 4. The molecule has 1 fully saturated rings. The van der Waals surface area contributed by atoms with Crippen LogP contribution in [0.3, 0.4) is 0 Å². The summed E-state index contributed by atoms with van der Waals surface area (Å²) in [4.78, 5) is 18.3. The van der Waals surface area contributed by atoms with E-state index in [-0.39, 0.29) is 17.8 Å². The van der Waals surface area contributed by atoms with Gasteiger partial charge in [-0.1, -0.05) is 25.1 Å². The second-order valence-corrected chi connectivity index (χ2v) is 5.89. The van der Waals surface area contributed by atoms with Crippen LogP contribution in [0.25, 0.3) is 0 Å². The van der Waals surface area contributed by atoms with Crippen LogP contribution in [0.2, 0.25) is 0 Å². The summed E-state index contributed by atoms with van der Waals surface area (Å²) < 4.78 is 19.6. The second-order valence-electron chi connectivity index (χ2n) is 5.89. The molecule has 0 aliphatic carbocycles. The van der Waals surface area contributed by atoms with Gasteiger partial charge >= 0.3 is 0 Å². The van der Waals surface area contributed by atoms with Crippen LogP contribution < -0.4 is 0 Å². The lowest BCUT2D eigenvalue weighted by Gasteiger charge is -2.33. The predicted molar refractivity (Wildman–Crippen MR) is 84.3 cm³/mol. The Hall–Kier alpha value is -2.17. The highest BCUT2D eigenvalue weighted by atomic mass is 19.1. The molecule has 1 saturated heterocycles. The van der Waals surface area contributed by atoms with Gasteiger partial charge in [-0.2, -0.15) is 0 Å². The van der Waals surface area contributed by atoms with E-state index in [0.717, 1.165) is 25.8 Å². The van der Waals surface area contributed by atoms with Crippen molar-refractivity contribution >= 4 is 5.91 Å². The molecule has 2 heterocycles. The first-order valence-corrected chi connectivity index (χ1v) is 8.16. The molecule has 1 amide bonds. The number of oxazole rings is 1. The van der Waals surface area contributed by atoms with Crippen LogP contribution in [0.5, 0.6) is 0 Å². The van der Waals surface area contributed by atoms with Crippen molar-refractivity contribution in [3.8, 4) is 0 Å². The third-order valence-corrected chi connectivity index (χ3v) is 4.30. The predicted octanol–water partition coefficient (Wildman–Crippen LogP) is 3.87. The molecule has 1 aromatic carbocycles. The molecule has 5 heteroatoms. The number of piperidine rings is 1. The standard InChI is InChI=1S/C18H21FN2O2/c1-2-17(22)21-10-6-5-9-16(21)18-20-12-14(23-18)11-13-7-3-4-8-15(13)19/h3-4,7-8,12,16H,2,5-6,9-11H2,1H3. The molecule has 0 saturated carbocycles. The zero-order chi connectivity index (χ0) is 16.2. The SMILES string of the molecule is CCC(=O)N1CCCCC1c1ncc(Cc2ccccc2F)o1. The number of carbonyl (C=O) groups excluding carboxylic acids is 1. The summed E-state index contributed by atoms with van der Waals surface area (Å²) in [6, 6.07) is 6.56. The fourth-order valence-corrected chi connectivity index (χ4v) is 3.08. The highest BCUT2D eigenvalue weighted by molar-refractivity contribution is 5.76. The van der Waals surface area contributed by atoms with Crippen LogP contribution in [0, 0.1) is 5.82 Å². The number of carbonyl (C=O) groups is 1. The molecule has 0 spiro atoms. The van der Waals surface area contributed by atoms with Gasteiger partial charge in [-0.3, -0.25) is 4.79 Å². The number of hydrogen-bond donors (Lipinski definition) is 0. The molecule has 1 aliphatic rings. The van der Waals surface area contributed by atoms with Gasteiger partial charge < -0.3 is 9.32 Å². The summed E-state index contributed by atoms with van der Waals surface area (Å²) >= 11 is 0. The first-order chi connectivity index (χ1) is 11.2. The minimum atomic E-state index is -0.245. The number of hydrogen-bond acceptors (Lipinski definition) is 3. The third-order valence-electron chi connectivity index (χ3n) is 4.30. The minimum Gasteiger partial charge on any atom is -0.443 e. The number of benzene rings is 1. The molecule has 2 aromatic rings. The molecule has 4 nitrogen and oxygen atoms in total. The highest BCUT2D eigenvalue weighted by Crippen LogP contribution is 2.31. The maximum atomic E-state index is 13.7. The first kappa shape index (κ1) is 15.7. The molecule has 1 aromatic heterocycles. The van der Waals surface area contributed by atoms with E-state index in [2.05, 4.69) is 4.98 Å². The van der Waals surface area contributed by atoms with Gasteiger partial charge in [-0.25, -0.2) is 9.37 Å². The van der Waals surface area contributed by atoms with Crippen molar-refractivity contribution in [2.75, 3.05) is 6.54 Å². The number of amides is 1. The Balaban J connectivity index is 1.78. The largest absolute Gasteiger partial charge is 0.443 e. The first-order valence-electron chi connectivity index (χ1n) is 8.16. The van der Waals surface area contributed by atoms with E-state index >= 15 is 0 Å². The van der Waals surface area contributed by atoms with E-state index < -0.39 is 0 Å². The summed E-state index contributed by atoms with van der Waals surface area (Å²) in [5.74, 6) is 1.08. The molecule has 23 heavy (non-hydrogen) atoms. The van der Waals surface area contributed by atoms with E-state index in [1.807, 2.05) is 11.8 Å². The fourth-order valence-electron chi connectivity index (χ4n) is 3.08. The van der Waals surface area contributed by atoms with Crippen molar-refractivity contribution < 1.29 is 13.6 Å². The molecule has 0 N–H and O–H groups in total. The van der Waals surface area contributed by atoms with Crippen LogP contribution in [-0.4, -0.2) is 22.3 Å². The van der Waals surface area contributed by atoms with Gasteiger partial charge in [0.05, 0.1) is 6.20 Å². The minimum absolute atomic E-state index is 0.0921. The fraction of sp³-hybridized carbons (Fsp3) is 0.444. The molecular formula is C18H21FN2O2. The maximum absolute atomic E-state index is 13.7. The Labute approximate surface area is 135 Å². The number of likely N-dealkylation sites (tertiary alicyclic amines) is 1. The molecule has 1 aliphatic heterocycles. The zero-order valence-corrected chi connectivity index (χ0v) is 13.3. The average Bonchev–Trinajstić information content (AvgIpc) is 3.05. The van der Waals surface area contributed by atoms with Crippen LogP contribution in [-0.2, 0) is 11.2 Å². The van der Waals surface area contributed by atoms with Gasteiger partial charge in [0.2, 0.25) is 11.8 Å². The maximum Gasteiger partial charge on any atom is 0.222 e. The van der Waals surface area contributed by atoms with E-state index in [9.17, 15) is 9.18 Å². The summed E-state index contributed by atoms with van der Waals surface area (Å²) in [6.45, 7) is 2.62. The summed E-state index contributed by atoms with van der Waals surface area (Å²) in [5.41, 5.74) is 0.584. The van der Waals surface area contributed by atoms with Gasteiger partial charge in [0.25, 0.3) is 0 Å². The van der Waals surface area contributed by atoms with Crippen LogP contribution in [0.1, 0.15) is 55.9 Å². The topological polar surface area (TPSA) is 46.3 Å². The van der Waals surface area contributed by atoms with E-state index in [1.54, 1.807) is 24.4 Å². The molecule has 122 valence electrons. The normalized spacial score (nSPS) is 18.2. The van der Waals surface area contributed by atoms with Crippen molar-refractivity contribution in [1.29, 1.82) is 0 Å². The quantitative estimate of drug-likeness (QED) is 0.860. The van der Waals surface area contributed by atoms with Gasteiger partial charge in [0.15, 0.2) is 0 Å². The van der Waals surface area contributed by atoms with Gasteiger partial charge in [0.1, 0.15) is 17.6 Å². The van der Waals surface area contributed by atoms with Crippen LogP contribution in [0.4, 0.5) is 4.39 Å². The van der Waals surface area contributed by atoms with Crippen molar-refractivity contribution in [2.45, 2.75) is 45.1 Å². The lowest BCUT2D eigenvalue weighted by atomic mass is 10.0. The lowest BCUT2D eigenvalue weighted by molar-refractivity contribution is -0.135. The van der Waals surface area contributed by atoms with E-state index in [0.29, 0.717) is 30.1 Å². The molecule has 0 radical (unpaired) electrons. The Bertz CT molecular complexity index is 683. The Kier molecular flexibility index (Phi) is 4.74. The van der Waals surface area contributed by atoms with E-state index in [4.69, 9.17) is 4.42 Å². The Morgan fingerprint density at radius 2 is 2.22 bits per heavy atom. The summed E-state index contributed by atoms with van der Waals surface area (Å²) in [7, 11) is 0. The van der Waals surface area contributed by atoms with E-state index in [1.165, 1.54) is 6.07 Å². The molecular weight excluding hydrogens is 295 g/mol. The number of aromatic nitrogens is 1. The average molecular weight is 316 g/mol. The van der Waals surface area contributed by atoms with Crippen molar-refractivity contribution in [1.82, 2.24) is 9.88 Å². The van der Waals surface area contributed by atoms with Gasteiger partial charge in [-0.15, -0.1) is 0 Å². The lowest BCUT2D eigenvalue weighted by Crippen LogP contribution is -2.38.